The number of benzene rings is 4. The second-order valence-electron chi connectivity index (χ2n) is 10.2. The van der Waals surface area contributed by atoms with Gasteiger partial charge in [-0.2, -0.15) is 0 Å². The smallest absolute Gasteiger partial charge is 0.284 e. The Labute approximate surface area is 267 Å². The molecule has 0 radical (unpaired) electrons. The molecule has 0 aliphatic carbocycles. The summed E-state index contributed by atoms with van der Waals surface area (Å²) in [5.74, 6) is 2.45. The number of furan rings is 1. The van der Waals surface area contributed by atoms with E-state index in [9.17, 15) is 8.42 Å². The maximum absolute atomic E-state index is 11.9. The van der Waals surface area contributed by atoms with E-state index in [2.05, 4.69) is 38.6 Å². The predicted octanol–water partition coefficient (Wildman–Crippen LogP) is 8.19. The van der Waals surface area contributed by atoms with Gasteiger partial charge in [0.2, 0.25) is 5.89 Å². The molecule has 4 aromatic carbocycles. The van der Waals surface area contributed by atoms with Crippen LogP contribution in [0.5, 0.6) is 0 Å². The highest BCUT2D eigenvalue weighted by Gasteiger charge is 2.15. The van der Waals surface area contributed by atoms with Gasteiger partial charge in [-0.3, -0.25) is 0 Å². The van der Waals surface area contributed by atoms with Crippen LogP contribution in [0, 0.1) is 0 Å². The molecule has 45 heavy (non-hydrogen) atoms. The first-order valence-corrected chi connectivity index (χ1v) is 17.6. The van der Waals surface area contributed by atoms with E-state index in [0.29, 0.717) is 39.5 Å². The highest BCUT2D eigenvalue weighted by atomic mass is 32.2. The van der Waals surface area contributed by atoms with Gasteiger partial charge in [-0.1, -0.05) is 90.3 Å². The molecule has 0 aliphatic heterocycles. The first-order valence-electron chi connectivity index (χ1n) is 13.8. The molecule has 0 saturated heterocycles. The molecular formula is C33H24N4O5S3. The minimum Gasteiger partial charge on any atom is -0.451 e. The number of nitrogens with zero attached hydrogens (tertiary/aromatic N) is 4. The molecule has 0 unspecified atom stereocenters. The standard InChI is InChI=1S/C33H24N4O5S3/c1-45(38,39)27-13-5-8-22(16-27)20-44-32-36-34-30(41-32)26-12-6-11-24(17-26)23-10-4-7-21(15-23)19-43-33-37-35-31(42-33)29-18-25-9-2-3-14-28(25)40-29/h2-18H,19-20H2,1H3. The maximum atomic E-state index is 11.9. The van der Waals surface area contributed by atoms with E-state index < -0.39 is 9.84 Å². The third-order valence-corrected chi connectivity index (χ3v) is 9.76. The SMILES string of the molecule is CS(=O)(=O)c1cccc(CSc2nnc(-c3cccc(-c4cccc(CSc5nnc(-c6cc7ccccc7o6)o5)c4)c3)o2)c1. The summed E-state index contributed by atoms with van der Waals surface area (Å²) >= 11 is 2.82. The number of fused-ring (bicyclic) bond motifs is 1. The lowest BCUT2D eigenvalue weighted by Crippen LogP contribution is -1.97. The molecule has 0 aliphatic rings. The zero-order valence-corrected chi connectivity index (χ0v) is 26.2. The number of aromatic nitrogens is 4. The van der Waals surface area contributed by atoms with Gasteiger partial charge < -0.3 is 13.3 Å². The van der Waals surface area contributed by atoms with Crippen LogP contribution in [0.15, 0.2) is 132 Å². The van der Waals surface area contributed by atoms with Gasteiger partial charge in [0, 0.05) is 28.7 Å². The number of rotatable bonds is 10. The van der Waals surface area contributed by atoms with E-state index in [4.69, 9.17) is 13.3 Å². The summed E-state index contributed by atoms with van der Waals surface area (Å²) in [6.45, 7) is 0. The first kappa shape index (κ1) is 29.1. The van der Waals surface area contributed by atoms with Crippen molar-refractivity contribution in [1.82, 2.24) is 20.4 Å². The molecular weight excluding hydrogens is 629 g/mol. The van der Waals surface area contributed by atoms with Gasteiger partial charge in [-0.05, 0) is 58.7 Å². The third kappa shape index (κ3) is 6.72. The maximum Gasteiger partial charge on any atom is 0.284 e. The lowest BCUT2D eigenvalue weighted by atomic mass is 10.0. The van der Waals surface area contributed by atoms with Crippen molar-refractivity contribution < 1.29 is 21.7 Å². The van der Waals surface area contributed by atoms with Gasteiger partial charge in [-0.25, -0.2) is 8.42 Å². The van der Waals surface area contributed by atoms with Crippen molar-refractivity contribution in [1.29, 1.82) is 0 Å². The molecule has 3 heterocycles. The molecule has 0 saturated carbocycles. The molecule has 0 atom stereocenters. The summed E-state index contributed by atoms with van der Waals surface area (Å²) in [5.41, 5.74) is 5.58. The summed E-state index contributed by atoms with van der Waals surface area (Å²) < 4.78 is 41.4. The Bertz CT molecular complexity index is 2210. The molecule has 0 amide bonds. The van der Waals surface area contributed by atoms with E-state index in [1.54, 1.807) is 18.2 Å². The van der Waals surface area contributed by atoms with Gasteiger partial charge in [0.05, 0.1) is 4.90 Å². The van der Waals surface area contributed by atoms with Crippen molar-refractivity contribution in [3.8, 4) is 34.2 Å². The minimum absolute atomic E-state index is 0.286. The number of sulfone groups is 1. The molecule has 224 valence electrons. The lowest BCUT2D eigenvalue weighted by molar-refractivity contribution is 0.451. The molecule has 0 fully saturated rings. The molecule has 0 spiro atoms. The second kappa shape index (κ2) is 12.4. The van der Waals surface area contributed by atoms with Crippen LogP contribution >= 0.6 is 23.5 Å². The van der Waals surface area contributed by atoms with Crippen molar-refractivity contribution in [3.05, 3.63) is 114 Å². The Hall–Kier alpha value is -4.65. The van der Waals surface area contributed by atoms with Gasteiger partial charge in [0.25, 0.3) is 16.3 Å². The lowest BCUT2D eigenvalue weighted by Gasteiger charge is -2.06. The zero-order valence-electron chi connectivity index (χ0n) is 23.8. The van der Waals surface area contributed by atoms with Crippen LogP contribution in [0.3, 0.4) is 0 Å². The Kier molecular flexibility index (Phi) is 8.01. The Morgan fingerprint density at radius 1 is 0.600 bits per heavy atom. The average Bonchev–Trinajstić information content (AvgIpc) is 3.83. The van der Waals surface area contributed by atoms with Crippen molar-refractivity contribution >= 4 is 44.3 Å². The van der Waals surface area contributed by atoms with Crippen LogP contribution in [0.2, 0.25) is 0 Å². The number of hydrogen-bond donors (Lipinski definition) is 0. The van der Waals surface area contributed by atoms with Crippen LogP contribution in [0.4, 0.5) is 0 Å². The quantitative estimate of drug-likeness (QED) is 0.133. The molecule has 12 heteroatoms. The van der Waals surface area contributed by atoms with E-state index in [1.165, 1.54) is 29.8 Å². The summed E-state index contributed by atoms with van der Waals surface area (Å²) in [5, 5.41) is 18.6. The minimum atomic E-state index is -3.27. The van der Waals surface area contributed by atoms with Gasteiger partial charge in [0.15, 0.2) is 15.6 Å². The fourth-order valence-corrected chi connectivity index (χ4v) is 6.77. The first-order chi connectivity index (χ1) is 21.9. The molecule has 3 aromatic heterocycles. The van der Waals surface area contributed by atoms with Crippen LogP contribution < -0.4 is 0 Å². The summed E-state index contributed by atoms with van der Waals surface area (Å²) in [6.07, 6.45) is 1.20. The fourth-order valence-electron chi connectivity index (χ4n) is 4.67. The second-order valence-corrected chi connectivity index (χ2v) is 14.0. The normalized spacial score (nSPS) is 11.8. The van der Waals surface area contributed by atoms with Crippen molar-refractivity contribution in [2.45, 2.75) is 26.8 Å². The molecule has 0 bridgehead atoms. The fraction of sp³-hybridized carbons (Fsp3) is 0.0909. The highest BCUT2D eigenvalue weighted by Crippen LogP contribution is 2.32. The van der Waals surface area contributed by atoms with E-state index in [-0.39, 0.29) is 4.90 Å². The largest absolute Gasteiger partial charge is 0.451 e. The van der Waals surface area contributed by atoms with Gasteiger partial charge in [-0.15, -0.1) is 20.4 Å². The van der Waals surface area contributed by atoms with E-state index in [1.807, 2.05) is 66.7 Å². The summed E-state index contributed by atoms with van der Waals surface area (Å²) in [4.78, 5) is 0.286. The number of para-hydroxylation sites is 1. The zero-order chi connectivity index (χ0) is 30.8. The Balaban J connectivity index is 1.01. The van der Waals surface area contributed by atoms with Crippen LogP contribution in [0.25, 0.3) is 45.2 Å². The van der Waals surface area contributed by atoms with E-state index in [0.717, 1.165) is 38.8 Å². The number of thioether (sulfide) groups is 2. The monoisotopic (exact) mass is 652 g/mol. The Morgan fingerprint density at radius 3 is 1.98 bits per heavy atom. The summed E-state index contributed by atoms with van der Waals surface area (Å²) in [7, 11) is -3.27. The van der Waals surface area contributed by atoms with Crippen molar-refractivity contribution in [2.75, 3.05) is 6.26 Å². The van der Waals surface area contributed by atoms with Crippen LogP contribution in [0.1, 0.15) is 11.1 Å². The summed E-state index contributed by atoms with van der Waals surface area (Å²) in [6, 6.07) is 32.7. The van der Waals surface area contributed by atoms with Crippen molar-refractivity contribution in [2.24, 2.45) is 0 Å². The highest BCUT2D eigenvalue weighted by molar-refractivity contribution is 7.98. The van der Waals surface area contributed by atoms with Crippen LogP contribution in [-0.4, -0.2) is 35.1 Å². The topological polar surface area (TPSA) is 125 Å². The predicted molar refractivity (Wildman–Crippen MR) is 173 cm³/mol. The third-order valence-electron chi connectivity index (χ3n) is 6.87. The van der Waals surface area contributed by atoms with Crippen LogP contribution in [-0.2, 0) is 21.3 Å². The van der Waals surface area contributed by atoms with Gasteiger partial charge >= 0.3 is 0 Å². The number of hydrogen-bond acceptors (Lipinski definition) is 11. The van der Waals surface area contributed by atoms with E-state index >= 15 is 0 Å². The van der Waals surface area contributed by atoms with Gasteiger partial charge in [0.1, 0.15) is 5.58 Å². The molecule has 7 aromatic rings. The van der Waals surface area contributed by atoms with Crippen molar-refractivity contribution in [3.63, 3.8) is 0 Å². The average molecular weight is 653 g/mol. The molecule has 7 rings (SSSR count). The molecule has 0 N–H and O–H groups in total. The molecule has 9 nitrogen and oxygen atoms in total. The Morgan fingerprint density at radius 2 is 1.22 bits per heavy atom.